The summed E-state index contributed by atoms with van der Waals surface area (Å²) in [6.45, 7) is 9.63. The van der Waals surface area contributed by atoms with Crippen LogP contribution in [0.25, 0.3) is 0 Å². The Morgan fingerprint density at radius 2 is 2.10 bits per heavy atom. The first-order valence-corrected chi connectivity index (χ1v) is 8.63. The van der Waals surface area contributed by atoms with E-state index in [1.807, 2.05) is 0 Å². The molecule has 0 bridgehead atoms. The quantitative estimate of drug-likeness (QED) is 0.860. The van der Waals surface area contributed by atoms with E-state index in [4.69, 9.17) is 4.74 Å². The molecule has 2 heterocycles. The van der Waals surface area contributed by atoms with Crippen LogP contribution in [0.15, 0.2) is 0 Å². The molecule has 0 saturated carbocycles. The molecule has 1 saturated heterocycles. The van der Waals surface area contributed by atoms with E-state index in [1.165, 1.54) is 24.4 Å². The zero-order chi connectivity index (χ0) is 14.5. The lowest BCUT2D eigenvalue weighted by Crippen LogP contribution is -2.37. The number of rotatable bonds is 6. The number of nitrogens with zero attached hydrogens (tertiary/aromatic N) is 2. The van der Waals surface area contributed by atoms with Crippen LogP contribution >= 0.6 is 11.5 Å². The van der Waals surface area contributed by atoms with Crippen molar-refractivity contribution in [2.75, 3.05) is 11.9 Å². The van der Waals surface area contributed by atoms with Crippen LogP contribution in [0.2, 0.25) is 0 Å². The van der Waals surface area contributed by atoms with Crippen LogP contribution in [0.3, 0.4) is 0 Å². The summed E-state index contributed by atoms with van der Waals surface area (Å²) in [6, 6.07) is 0.474. The van der Waals surface area contributed by atoms with Gasteiger partial charge in [0.1, 0.15) is 5.82 Å². The smallest absolute Gasteiger partial charge is 0.202 e. The average molecular weight is 297 g/mol. The molecule has 1 aliphatic heterocycles. The first-order chi connectivity index (χ1) is 9.63. The van der Waals surface area contributed by atoms with Gasteiger partial charge >= 0.3 is 0 Å². The second-order valence-corrected chi connectivity index (χ2v) is 6.72. The number of nitrogens with one attached hydrogen (secondary N) is 1. The van der Waals surface area contributed by atoms with Crippen molar-refractivity contribution in [1.29, 1.82) is 0 Å². The second kappa shape index (κ2) is 7.36. The molecule has 0 aromatic carbocycles. The third kappa shape index (κ3) is 3.92. The Kier molecular flexibility index (Phi) is 5.78. The highest BCUT2D eigenvalue weighted by molar-refractivity contribution is 7.09. The standard InChI is InChI=1S/C15H27N3OS/c1-5-11(6-2)13-9-12(7-8-19-13)16-15-17-14(10(3)4)18-20-15/h10-13H,5-9H2,1-4H3,(H,16,17,18). The third-order valence-corrected chi connectivity index (χ3v) is 4.84. The Morgan fingerprint density at radius 3 is 2.70 bits per heavy atom. The van der Waals surface area contributed by atoms with Gasteiger partial charge in [0, 0.05) is 30.1 Å². The molecule has 1 aromatic heterocycles. The number of anilines is 1. The van der Waals surface area contributed by atoms with Gasteiger partial charge in [-0.05, 0) is 18.8 Å². The molecule has 4 nitrogen and oxygen atoms in total. The maximum absolute atomic E-state index is 5.96. The molecule has 1 fully saturated rings. The first kappa shape index (κ1) is 15.7. The van der Waals surface area contributed by atoms with Gasteiger partial charge in [-0.15, -0.1) is 0 Å². The van der Waals surface area contributed by atoms with Gasteiger partial charge in [-0.2, -0.15) is 4.37 Å². The predicted octanol–water partition coefficient (Wildman–Crippen LogP) is 4.06. The van der Waals surface area contributed by atoms with Gasteiger partial charge in [-0.1, -0.05) is 40.5 Å². The molecule has 0 amide bonds. The van der Waals surface area contributed by atoms with E-state index in [1.54, 1.807) is 0 Å². The molecule has 2 rings (SSSR count). The lowest BCUT2D eigenvalue weighted by molar-refractivity contribution is -0.0271. The summed E-state index contributed by atoms with van der Waals surface area (Å²) < 4.78 is 10.4. The average Bonchev–Trinajstić information content (AvgIpc) is 2.89. The maximum atomic E-state index is 5.96. The van der Waals surface area contributed by atoms with E-state index in [2.05, 4.69) is 42.4 Å². The molecule has 1 aliphatic rings. The van der Waals surface area contributed by atoms with Crippen molar-refractivity contribution >= 4 is 16.7 Å². The summed E-state index contributed by atoms with van der Waals surface area (Å²) in [5, 5.41) is 4.52. The van der Waals surface area contributed by atoms with E-state index in [0.29, 0.717) is 24.0 Å². The highest BCUT2D eigenvalue weighted by atomic mass is 32.1. The topological polar surface area (TPSA) is 47.0 Å². The molecule has 2 unspecified atom stereocenters. The fourth-order valence-corrected chi connectivity index (χ4v) is 3.59. The van der Waals surface area contributed by atoms with E-state index < -0.39 is 0 Å². The molecular weight excluding hydrogens is 270 g/mol. The van der Waals surface area contributed by atoms with E-state index in [0.717, 1.165) is 30.4 Å². The SMILES string of the molecule is CCC(CC)C1CC(Nc2nc(C(C)C)ns2)CCO1. The number of hydrogen-bond donors (Lipinski definition) is 1. The Balaban J connectivity index is 1.91. The van der Waals surface area contributed by atoms with Crippen molar-refractivity contribution in [3.63, 3.8) is 0 Å². The normalized spacial score (nSPS) is 23.5. The molecule has 20 heavy (non-hydrogen) atoms. The summed E-state index contributed by atoms with van der Waals surface area (Å²) in [5.74, 6) is 2.02. The predicted molar refractivity (Wildman–Crippen MR) is 84.5 cm³/mol. The fraction of sp³-hybridized carbons (Fsp3) is 0.867. The highest BCUT2D eigenvalue weighted by Crippen LogP contribution is 2.27. The van der Waals surface area contributed by atoms with Crippen LogP contribution in [0.1, 0.15) is 65.1 Å². The Morgan fingerprint density at radius 1 is 1.35 bits per heavy atom. The van der Waals surface area contributed by atoms with Crippen molar-refractivity contribution in [3.05, 3.63) is 5.82 Å². The lowest BCUT2D eigenvalue weighted by atomic mass is 9.89. The number of aromatic nitrogens is 2. The molecule has 0 aliphatic carbocycles. The van der Waals surface area contributed by atoms with Gasteiger partial charge in [-0.25, -0.2) is 4.98 Å². The zero-order valence-electron chi connectivity index (χ0n) is 13.1. The Labute approximate surface area is 126 Å². The minimum atomic E-state index is 0.397. The Bertz CT molecular complexity index is 404. The van der Waals surface area contributed by atoms with Crippen LogP contribution in [0.5, 0.6) is 0 Å². The van der Waals surface area contributed by atoms with Gasteiger partial charge in [0.25, 0.3) is 0 Å². The van der Waals surface area contributed by atoms with E-state index in [9.17, 15) is 0 Å². The molecule has 0 spiro atoms. The van der Waals surface area contributed by atoms with Gasteiger partial charge in [0.05, 0.1) is 6.10 Å². The number of hydrogen-bond acceptors (Lipinski definition) is 5. The van der Waals surface area contributed by atoms with Gasteiger partial charge in [0.15, 0.2) is 0 Å². The molecule has 114 valence electrons. The summed E-state index contributed by atoms with van der Waals surface area (Å²) in [7, 11) is 0. The number of ether oxygens (including phenoxy) is 1. The van der Waals surface area contributed by atoms with E-state index in [-0.39, 0.29) is 0 Å². The highest BCUT2D eigenvalue weighted by Gasteiger charge is 2.28. The molecular formula is C15H27N3OS. The largest absolute Gasteiger partial charge is 0.378 e. The minimum Gasteiger partial charge on any atom is -0.378 e. The van der Waals surface area contributed by atoms with Crippen molar-refractivity contribution in [2.24, 2.45) is 5.92 Å². The molecule has 2 atom stereocenters. The lowest BCUT2D eigenvalue weighted by Gasteiger charge is -2.34. The molecule has 0 radical (unpaired) electrons. The van der Waals surface area contributed by atoms with Gasteiger partial charge < -0.3 is 10.1 Å². The van der Waals surface area contributed by atoms with Crippen molar-refractivity contribution in [2.45, 2.75) is 71.4 Å². The molecule has 1 N–H and O–H groups in total. The van der Waals surface area contributed by atoms with Crippen molar-refractivity contribution < 1.29 is 4.74 Å². The van der Waals surface area contributed by atoms with Gasteiger partial charge in [-0.3, -0.25) is 0 Å². The van der Waals surface area contributed by atoms with Gasteiger partial charge in [0.2, 0.25) is 5.13 Å². The summed E-state index contributed by atoms with van der Waals surface area (Å²) >= 11 is 1.48. The minimum absolute atomic E-state index is 0.397. The fourth-order valence-electron chi connectivity index (χ4n) is 2.80. The molecule has 5 heteroatoms. The first-order valence-electron chi connectivity index (χ1n) is 7.85. The van der Waals surface area contributed by atoms with Crippen LogP contribution in [0, 0.1) is 5.92 Å². The third-order valence-electron chi connectivity index (χ3n) is 4.18. The monoisotopic (exact) mass is 297 g/mol. The summed E-state index contributed by atoms with van der Waals surface area (Å²) in [5.41, 5.74) is 0. The van der Waals surface area contributed by atoms with Crippen molar-refractivity contribution in [1.82, 2.24) is 9.36 Å². The zero-order valence-corrected chi connectivity index (χ0v) is 13.9. The second-order valence-electron chi connectivity index (χ2n) is 5.96. The van der Waals surface area contributed by atoms with Crippen LogP contribution in [-0.4, -0.2) is 28.1 Å². The molecule has 1 aromatic rings. The maximum Gasteiger partial charge on any atom is 0.202 e. The van der Waals surface area contributed by atoms with Crippen LogP contribution < -0.4 is 5.32 Å². The van der Waals surface area contributed by atoms with Crippen LogP contribution in [0.4, 0.5) is 5.13 Å². The summed E-state index contributed by atoms with van der Waals surface area (Å²) in [4.78, 5) is 4.57. The van der Waals surface area contributed by atoms with Crippen LogP contribution in [-0.2, 0) is 4.74 Å². The Hall–Kier alpha value is -0.680. The van der Waals surface area contributed by atoms with E-state index >= 15 is 0 Å². The van der Waals surface area contributed by atoms with Crippen molar-refractivity contribution in [3.8, 4) is 0 Å². The summed E-state index contributed by atoms with van der Waals surface area (Å²) in [6.07, 6.45) is 4.94.